The van der Waals surface area contributed by atoms with Crippen LogP contribution in [-0.4, -0.2) is 21.7 Å². The lowest BCUT2D eigenvalue weighted by molar-refractivity contribution is 0.392. The van der Waals surface area contributed by atoms with E-state index in [4.69, 9.17) is 16.1 Å². The van der Waals surface area contributed by atoms with Crippen molar-refractivity contribution in [2.45, 2.75) is 33.7 Å². The van der Waals surface area contributed by atoms with Crippen molar-refractivity contribution >= 4 is 23.4 Å². The van der Waals surface area contributed by atoms with Crippen molar-refractivity contribution in [2.75, 3.05) is 17.2 Å². The zero-order valence-corrected chi connectivity index (χ0v) is 12.7. The van der Waals surface area contributed by atoms with Gasteiger partial charge in [0.05, 0.1) is 17.9 Å². The molecule has 0 aromatic carbocycles. The second kappa shape index (κ2) is 6.09. The Morgan fingerprint density at radius 3 is 2.75 bits per heavy atom. The van der Waals surface area contributed by atoms with Gasteiger partial charge in [0.25, 0.3) is 0 Å². The number of hydrogen-bond acceptors (Lipinski definition) is 6. The first-order valence-corrected chi connectivity index (χ1v) is 6.86. The molecule has 6 nitrogen and oxygen atoms in total. The maximum atomic E-state index is 6.13. The Balaban J connectivity index is 2.23. The molecule has 0 bridgehead atoms. The quantitative estimate of drug-likeness (QED) is 0.881. The summed E-state index contributed by atoms with van der Waals surface area (Å²) in [5.41, 5.74) is 1.88. The molecule has 2 rings (SSSR count). The Hall–Kier alpha value is -1.82. The van der Waals surface area contributed by atoms with Crippen LogP contribution >= 0.6 is 11.6 Å². The first-order valence-electron chi connectivity index (χ1n) is 6.48. The third-order valence-corrected chi connectivity index (χ3v) is 3.23. The molecule has 0 amide bonds. The molecule has 0 saturated carbocycles. The van der Waals surface area contributed by atoms with Crippen LogP contribution in [0.2, 0.25) is 5.02 Å². The summed E-state index contributed by atoms with van der Waals surface area (Å²) in [7, 11) is 0. The number of nitrogens with zero attached hydrogens (tertiary/aromatic N) is 3. The van der Waals surface area contributed by atoms with Gasteiger partial charge >= 0.3 is 0 Å². The number of hydrogen-bond donors (Lipinski definition) is 2. The second-order valence-corrected chi connectivity index (χ2v) is 4.93. The molecule has 20 heavy (non-hydrogen) atoms. The van der Waals surface area contributed by atoms with Crippen LogP contribution in [0, 0.1) is 13.8 Å². The average Bonchev–Trinajstić information content (AvgIpc) is 2.73. The number of rotatable bonds is 5. The van der Waals surface area contributed by atoms with Gasteiger partial charge in [-0.15, -0.1) is 0 Å². The molecule has 2 N–H and O–H groups in total. The van der Waals surface area contributed by atoms with E-state index in [2.05, 4.69) is 25.8 Å². The standard InChI is InChI=1S/C13H18ClN5O/c1-5-15-13-16-6-10(14)12(18-13)17-7(2)11-8(3)19-20-9(11)4/h6-7H,5H2,1-4H3,(H2,15,16,17,18). The van der Waals surface area contributed by atoms with Crippen molar-refractivity contribution in [3.8, 4) is 0 Å². The van der Waals surface area contributed by atoms with E-state index in [1.807, 2.05) is 27.7 Å². The van der Waals surface area contributed by atoms with Crippen LogP contribution in [0.5, 0.6) is 0 Å². The molecule has 0 fully saturated rings. The summed E-state index contributed by atoms with van der Waals surface area (Å²) in [6.07, 6.45) is 1.58. The second-order valence-electron chi connectivity index (χ2n) is 4.52. The number of anilines is 2. The van der Waals surface area contributed by atoms with E-state index in [0.717, 1.165) is 23.6 Å². The zero-order chi connectivity index (χ0) is 14.7. The van der Waals surface area contributed by atoms with Gasteiger partial charge in [-0.1, -0.05) is 16.8 Å². The topological polar surface area (TPSA) is 75.9 Å². The largest absolute Gasteiger partial charge is 0.362 e. The zero-order valence-electron chi connectivity index (χ0n) is 12.0. The monoisotopic (exact) mass is 295 g/mol. The van der Waals surface area contributed by atoms with Gasteiger partial charge in [0.1, 0.15) is 10.8 Å². The van der Waals surface area contributed by atoms with Crippen molar-refractivity contribution < 1.29 is 4.52 Å². The molecule has 0 spiro atoms. The highest BCUT2D eigenvalue weighted by molar-refractivity contribution is 6.32. The molecule has 0 aliphatic rings. The van der Waals surface area contributed by atoms with Gasteiger partial charge in [-0.2, -0.15) is 4.98 Å². The van der Waals surface area contributed by atoms with E-state index in [1.165, 1.54) is 0 Å². The lowest BCUT2D eigenvalue weighted by Gasteiger charge is -2.16. The van der Waals surface area contributed by atoms with Gasteiger partial charge in [-0.05, 0) is 27.7 Å². The van der Waals surface area contributed by atoms with Crippen LogP contribution in [0.25, 0.3) is 0 Å². The Bertz CT molecular complexity index is 579. The summed E-state index contributed by atoms with van der Waals surface area (Å²) in [6.45, 7) is 8.55. The van der Waals surface area contributed by atoms with Crippen LogP contribution in [-0.2, 0) is 0 Å². The number of aryl methyl sites for hydroxylation is 2. The summed E-state index contributed by atoms with van der Waals surface area (Å²) in [5, 5.41) is 10.8. The van der Waals surface area contributed by atoms with E-state index in [1.54, 1.807) is 6.20 Å². The number of nitrogens with one attached hydrogen (secondary N) is 2. The normalized spacial score (nSPS) is 12.2. The Morgan fingerprint density at radius 1 is 1.40 bits per heavy atom. The third-order valence-electron chi connectivity index (χ3n) is 2.95. The van der Waals surface area contributed by atoms with E-state index < -0.39 is 0 Å². The van der Waals surface area contributed by atoms with Crippen LogP contribution in [0.15, 0.2) is 10.7 Å². The maximum Gasteiger partial charge on any atom is 0.224 e. The van der Waals surface area contributed by atoms with Gasteiger partial charge in [0, 0.05) is 12.1 Å². The van der Waals surface area contributed by atoms with Gasteiger partial charge in [-0.3, -0.25) is 0 Å². The van der Waals surface area contributed by atoms with Crippen LogP contribution in [0.1, 0.15) is 36.9 Å². The first-order chi connectivity index (χ1) is 9.52. The lowest BCUT2D eigenvalue weighted by Crippen LogP contribution is -2.11. The fourth-order valence-corrected chi connectivity index (χ4v) is 2.24. The minimum Gasteiger partial charge on any atom is -0.362 e. The Morgan fingerprint density at radius 2 is 2.15 bits per heavy atom. The molecule has 2 heterocycles. The van der Waals surface area contributed by atoms with Crippen LogP contribution in [0.3, 0.4) is 0 Å². The van der Waals surface area contributed by atoms with E-state index in [0.29, 0.717) is 16.8 Å². The van der Waals surface area contributed by atoms with E-state index in [9.17, 15) is 0 Å². The molecule has 0 aliphatic carbocycles. The van der Waals surface area contributed by atoms with Crippen molar-refractivity contribution in [3.63, 3.8) is 0 Å². The molecule has 1 unspecified atom stereocenters. The molecule has 2 aromatic heterocycles. The summed E-state index contributed by atoms with van der Waals surface area (Å²) < 4.78 is 5.18. The number of halogens is 1. The number of aromatic nitrogens is 3. The predicted molar refractivity (Wildman–Crippen MR) is 79.2 cm³/mol. The first kappa shape index (κ1) is 14.6. The maximum absolute atomic E-state index is 6.13. The molecule has 7 heteroatoms. The molecule has 0 aliphatic heterocycles. The van der Waals surface area contributed by atoms with Gasteiger partial charge < -0.3 is 15.2 Å². The Kier molecular flexibility index (Phi) is 4.44. The SMILES string of the molecule is CCNc1ncc(Cl)c(NC(C)c2c(C)noc2C)n1. The third kappa shape index (κ3) is 3.01. The van der Waals surface area contributed by atoms with Crippen molar-refractivity contribution in [3.05, 3.63) is 28.2 Å². The fraction of sp³-hybridized carbons (Fsp3) is 0.462. The minimum absolute atomic E-state index is 0.0110. The summed E-state index contributed by atoms with van der Waals surface area (Å²) in [4.78, 5) is 8.46. The van der Waals surface area contributed by atoms with Crippen LogP contribution in [0.4, 0.5) is 11.8 Å². The van der Waals surface area contributed by atoms with E-state index >= 15 is 0 Å². The summed E-state index contributed by atoms with van der Waals surface area (Å²) in [5.74, 6) is 1.93. The highest BCUT2D eigenvalue weighted by Gasteiger charge is 2.18. The summed E-state index contributed by atoms with van der Waals surface area (Å²) in [6, 6.07) is -0.0110. The van der Waals surface area contributed by atoms with Crippen LogP contribution < -0.4 is 10.6 Å². The highest BCUT2D eigenvalue weighted by Crippen LogP contribution is 2.27. The molecule has 108 valence electrons. The van der Waals surface area contributed by atoms with Gasteiger partial charge in [-0.25, -0.2) is 4.98 Å². The fourth-order valence-electron chi connectivity index (χ4n) is 2.10. The Labute approximate surface area is 122 Å². The average molecular weight is 296 g/mol. The predicted octanol–water partition coefficient (Wildman–Crippen LogP) is 3.34. The van der Waals surface area contributed by atoms with Crippen molar-refractivity contribution in [2.24, 2.45) is 0 Å². The van der Waals surface area contributed by atoms with Crippen molar-refractivity contribution in [1.29, 1.82) is 0 Å². The molecule has 2 aromatic rings. The molecular formula is C13H18ClN5O. The molecular weight excluding hydrogens is 278 g/mol. The smallest absolute Gasteiger partial charge is 0.224 e. The molecule has 0 saturated heterocycles. The van der Waals surface area contributed by atoms with E-state index in [-0.39, 0.29) is 6.04 Å². The molecule has 1 atom stereocenters. The summed E-state index contributed by atoms with van der Waals surface area (Å²) >= 11 is 6.13. The molecule has 0 radical (unpaired) electrons. The van der Waals surface area contributed by atoms with Gasteiger partial charge in [0.15, 0.2) is 5.82 Å². The minimum atomic E-state index is -0.0110. The highest BCUT2D eigenvalue weighted by atomic mass is 35.5. The van der Waals surface area contributed by atoms with Gasteiger partial charge in [0.2, 0.25) is 5.95 Å². The lowest BCUT2D eigenvalue weighted by atomic mass is 10.1. The van der Waals surface area contributed by atoms with Crippen molar-refractivity contribution in [1.82, 2.24) is 15.1 Å².